The molecule has 0 aromatic carbocycles. The van der Waals surface area contributed by atoms with Crippen LogP contribution >= 0.6 is 11.3 Å². The maximum atomic E-state index is 12.3. The highest BCUT2D eigenvalue weighted by Gasteiger charge is 2.32. The van der Waals surface area contributed by atoms with Gasteiger partial charge < -0.3 is 5.11 Å². The first kappa shape index (κ1) is 14.0. The maximum absolute atomic E-state index is 12.3. The summed E-state index contributed by atoms with van der Waals surface area (Å²) < 4.78 is 27.6. The zero-order valence-electron chi connectivity index (χ0n) is 10.5. The number of thiophene rings is 1. The molecule has 2 N–H and O–H groups in total. The molecule has 18 heavy (non-hydrogen) atoms. The van der Waals surface area contributed by atoms with E-state index in [1.54, 1.807) is 11.4 Å². The fraction of sp³-hybridized carbons (Fsp3) is 0.667. The zero-order chi connectivity index (χ0) is 13.2. The van der Waals surface area contributed by atoms with Crippen LogP contribution in [0.2, 0.25) is 0 Å². The van der Waals surface area contributed by atoms with Crippen LogP contribution in [0.1, 0.15) is 44.6 Å². The third-order valence-corrected chi connectivity index (χ3v) is 6.54. The fourth-order valence-electron chi connectivity index (χ4n) is 2.39. The number of aliphatic hydroxyl groups excluding tert-OH is 1. The van der Waals surface area contributed by atoms with Crippen LogP contribution in [-0.2, 0) is 16.6 Å². The van der Waals surface area contributed by atoms with Crippen molar-refractivity contribution in [2.45, 2.75) is 55.4 Å². The molecule has 6 heteroatoms. The standard InChI is InChI=1S/C12H19NO3S2/c1-12(5-3-2-4-6-12)13-18(15,16)11-7-10(8-14)9-17-11/h7,9,13-14H,2-6,8H2,1H3. The Kier molecular flexibility index (Phi) is 4.11. The van der Waals surface area contributed by atoms with Crippen LogP contribution in [0.5, 0.6) is 0 Å². The van der Waals surface area contributed by atoms with Gasteiger partial charge in [0.2, 0.25) is 0 Å². The first-order valence-corrected chi connectivity index (χ1v) is 8.54. The number of nitrogens with one attached hydrogen (secondary N) is 1. The Balaban J connectivity index is 2.16. The number of hydrogen-bond acceptors (Lipinski definition) is 4. The number of aliphatic hydroxyl groups is 1. The van der Waals surface area contributed by atoms with Crippen LogP contribution in [0.15, 0.2) is 15.7 Å². The molecular formula is C12H19NO3S2. The molecular weight excluding hydrogens is 270 g/mol. The Morgan fingerprint density at radius 3 is 2.61 bits per heavy atom. The van der Waals surface area contributed by atoms with E-state index in [1.807, 2.05) is 6.92 Å². The van der Waals surface area contributed by atoms with E-state index in [4.69, 9.17) is 5.11 Å². The van der Waals surface area contributed by atoms with E-state index in [9.17, 15) is 8.42 Å². The van der Waals surface area contributed by atoms with Crippen molar-refractivity contribution in [3.8, 4) is 0 Å². The van der Waals surface area contributed by atoms with E-state index < -0.39 is 10.0 Å². The van der Waals surface area contributed by atoms with E-state index in [2.05, 4.69) is 4.72 Å². The van der Waals surface area contributed by atoms with Gasteiger partial charge in [0.1, 0.15) is 4.21 Å². The summed E-state index contributed by atoms with van der Waals surface area (Å²) in [4.78, 5) is 0. The average molecular weight is 289 g/mol. The van der Waals surface area contributed by atoms with Gasteiger partial charge in [-0.3, -0.25) is 0 Å². The lowest BCUT2D eigenvalue weighted by atomic mass is 9.84. The molecule has 0 saturated heterocycles. The minimum Gasteiger partial charge on any atom is -0.392 e. The highest BCUT2D eigenvalue weighted by Crippen LogP contribution is 2.30. The number of sulfonamides is 1. The summed E-state index contributed by atoms with van der Waals surface area (Å²) in [6, 6.07) is 1.54. The topological polar surface area (TPSA) is 66.4 Å². The monoisotopic (exact) mass is 289 g/mol. The van der Waals surface area contributed by atoms with Crippen molar-refractivity contribution >= 4 is 21.4 Å². The molecule has 0 atom stereocenters. The molecule has 0 unspecified atom stereocenters. The van der Waals surface area contributed by atoms with Crippen LogP contribution in [0.3, 0.4) is 0 Å². The Labute approximate surface area is 112 Å². The lowest BCUT2D eigenvalue weighted by Crippen LogP contribution is -2.46. The van der Waals surface area contributed by atoms with Crippen molar-refractivity contribution in [2.24, 2.45) is 0 Å². The van der Waals surface area contributed by atoms with Crippen molar-refractivity contribution in [1.29, 1.82) is 0 Å². The number of hydrogen-bond donors (Lipinski definition) is 2. The normalized spacial score (nSPS) is 19.9. The Hall–Kier alpha value is -0.430. The predicted molar refractivity (Wildman–Crippen MR) is 72.1 cm³/mol. The highest BCUT2D eigenvalue weighted by molar-refractivity contribution is 7.91. The largest absolute Gasteiger partial charge is 0.392 e. The van der Waals surface area contributed by atoms with Crippen molar-refractivity contribution in [3.63, 3.8) is 0 Å². The molecule has 0 radical (unpaired) electrons. The first-order valence-electron chi connectivity index (χ1n) is 6.17. The molecule has 0 spiro atoms. The van der Waals surface area contributed by atoms with Gasteiger partial charge in [-0.1, -0.05) is 19.3 Å². The van der Waals surface area contributed by atoms with Crippen molar-refractivity contribution < 1.29 is 13.5 Å². The summed E-state index contributed by atoms with van der Waals surface area (Å²) in [5.74, 6) is 0. The molecule has 102 valence electrons. The van der Waals surface area contributed by atoms with Crippen LogP contribution in [0, 0.1) is 0 Å². The van der Waals surface area contributed by atoms with Gasteiger partial charge in [-0.15, -0.1) is 11.3 Å². The summed E-state index contributed by atoms with van der Waals surface area (Å²) >= 11 is 1.16. The molecule has 1 heterocycles. The first-order chi connectivity index (χ1) is 8.45. The molecule has 1 aliphatic rings. The Morgan fingerprint density at radius 1 is 1.39 bits per heavy atom. The zero-order valence-corrected chi connectivity index (χ0v) is 12.1. The highest BCUT2D eigenvalue weighted by atomic mass is 32.2. The third-order valence-electron chi connectivity index (χ3n) is 3.42. The predicted octanol–water partition coefficient (Wildman–Crippen LogP) is 2.24. The number of rotatable bonds is 4. The molecule has 0 amide bonds. The van der Waals surface area contributed by atoms with E-state index >= 15 is 0 Å². The van der Waals surface area contributed by atoms with E-state index in [1.165, 1.54) is 6.42 Å². The molecule has 1 aromatic rings. The van der Waals surface area contributed by atoms with Crippen LogP contribution in [0.4, 0.5) is 0 Å². The summed E-state index contributed by atoms with van der Waals surface area (Å²) in [7, 11) is -3.45. The second kappa shape index (κ2) is 5.28. The second-order valence-corrected chi connectivity index (χ2v) is 7.98. The van der Waals surface area contributed by atoms with Crippen molar-refractivity contribution in [3.05, 3.63) is 17.0 Å². The van der Waals surface area contributed by atoms with Crippen LogP contribution in [0.25, 0.3) is 0 Å². The van der Waals surface area contributed by atoms with Crippen LogP contribution in [-0.4, -0.2) is 19.1 Å². The molecule has 0 aliphatic heterocycles. The molecule has 1 aliphatic carbocycles. The van der Waals surface area contributed by atoms with E-state index in [-0.39, 0.29) is 12.1 Å². The maximum Gasteiger partial charge on any atom is 0.250 e. The molecule has 1 fully saturated rings. The molecule has 4 nitrogen and oxygen atoms in total. The van der Waals surface area contributed by atoms with Gasteiger partial charge in [0.05, 0.1) is 6.61 Å². The minimum atomic E-state index is -3.45. The molecule has 0 bridgehead atoms. The van der Waals surface area contributed by atoms with Gasteiger partial charge in [0, 0.05) is 5.54 Å². The molecule has 1 saturated carbocycles. The summed E-state index contributed by atoms with van der Waals surface area (Å²) in [5, 5.41) is 10.7. The van der Waals surface area contributed by atoms with E-state index in [0.29, 0.717) is 9.77 Å². The summed E-state index contributed by atoms with van der Waals surface area (Å²) in [5.41, 5.74) is 0.328. The Bertz CT molecular complexity index is 501. The van der Waals surface area contributed by atoms with Gasteiger partial charge >= 0.3 is 0 Å². The lowest BCUT2D eigenvalue weighted by molar-refractivity contribution is 0.282. The Morgan fingerprint density at radius 2 is 2.06 bits per heavy atom. The minimum absolute atomic E-state index is 0.122. The smallest absolute Gasteiger partial charge is 0.250 e. The van der Waals surface area contributed by atoms with Gasteiger partial charge in [0.15, 0.2) is 0 Å². The quantitative estimate of drug-likeness (QED) is 0.893. The SMILES string of the molecule is CC1(NS(=O)(=O)c2cc(CO)cs2)CCCCC1. The van der Waals surface area contributed by atoms with Crippen LogP contribution < -0.4 is 4.72 Å². The average Bonchev–Trinajstić information content (AvgIpc) is 2.77. The molecule has 2 rings (SSSR count). The fourth-order valence-corrected chi connectivity index (χ4v) is 5.05. The van der Waals surface area contributed by atoms with Gasteiger partial charge in [-0.05, 0) is 36.8 Å². The van der Waals surface area contributed by atoms with Gasteiger partial charge in [-0.25, -0.2) is 13.1 Å². The van der Waals surface area contributed by atoms with Gasteiger partial charge in [-0.2, -0.15) is 0 Å². The molecule has 1 aromatic heterocycles. The van der Waals surface area contributed by atoms with Crippen molar-refractivity contribution in [2.75, 3.05) is 0 Å². The lowest BCUT2D eigenvalue weighted by Gasteiger charge is -2.33. The van der Waals surface area contributed by atoms with Gasteiger partial charge in [0.25, 0.3) is 10.0 Å². The summed E-state index contributed by atoms with van der Waals surface area (Å²) in [6.07, 6.45) is 5.12. The second-order valence-electron chi connectivity index (χ2n) is 5.16. The van der Waals surface area contributed by atoms with E-state index in [0.717, 1.165) is 37.0 Å². The van der Waals surface area contributed by atoms with Crippen molar-refractivity contribution in [1.82, 2.24) is 4.72 Å². The summed E-state index contributed by atoms with van der Waals surface area (Å²) in [6.45, 7) is 1.85. The third kappa shape index (κ3) is 3.12.